The largest absolute Gasteiger partial charge is 0.339 e. The van der Waals surface area contributed by atoms with Gasteiger partial charge in [0.1, 0.15) is 5.82 Å². The molecule has 0 radical (unpaired) electrons. The highest BCUT2D eigenvalue weighted by Crippen LogP contribution is 2.20. The number of nitrogens with zero attached hydrogens (tertiary/aromatic N) is 1. The molecule has 2 unspecified atom stereocenters. The quantitative estimate of drug-likeness (QED) is 0.867. The van der Waals surface area contributed by atoms with Crippen LogP contribution in [0.25, 0.3) is 5.57 Å². The molecule has 0 spiro atoms. The van der Waals surface area contributed by atoms with Crippen molar-refractivity contribution in [1.82, 2.24) is 4.90 Å². The first-order chi connectivity index (χ1) is 9.97. The van der Waals surface area contributed by atoms with Crippen molar-refractivity contribution in [3.05, 3.63) is 41.7 Å². The fourth-order valence-electron chi connectivity index (χ4n) is 2.73. The smallest absolute Gasteiger partial charge is 0.246 e. The van der Waals surface area contributed by atoms with Crippen LogP contribution in [0.1, 0.15) is 32.3 Å². The average Bonchev–Trinajstić information content (AvgIpc) is 2.47. The summed E-state index contributed by atoms with van der Waals surface area (Å²) in [6.45, 7) is 5.31. The summed E-state index contributed by atoms with van der Waals surface area (Å²) in [7, 11) is 0. The molecule has 2 atom stereocenters. The first kappa shape index (κ1) is 18.7. The molecule has 122 valence electrons. The number of carbonyl (C=O) groups is 1. The van der Waals surface area contributed by atoms with Gasteiger partial charge in [-0.05, 0) is 55.9 Å². The molecule has 1 amide bonds. The fraction of sp³-hybridized carbons (Fsp3) is 0.471. The maximum atomic E-state index is 13.2. The van der Waals surface area contributed by atoms with Crippen molar-refractivity contribution in [1.29, 1.82) is 0 Å². The maximum absolute atomic E-state index is 13.2. The minimum atomic E-state index is -0.289. The van der Waals surface area contributed by atoms with Gasteiger partial charge in [0, 0.05) is 25.2 Å². The van der Waals surface area contributed by atoms with E-state index in [1.807, 2.05) is 24.8 Å². The molecule has 22 heavy (non-hydrogen) atoms. The highest BCUT2D eigenvalue weighted by molar-refractivity contribution is 5.94. The number of amides is 1. The van der Waals surface area contributed by atoms with Gasteiger partial charge in [-0.1, -0.05) is 12.1 Å². The minimum absolute atomic E-state index is 0. The first-order valence-electron chi connectivity index (χ1n) is 7.46. The van der Waals surface area contributed by atoms with Crippen LogP contribution in [0.4, 0.5) is 4.39 Å². The Labute approximate surface area is 137 Å². The molecular formula is C17H24ClFN2O. The van der Waals surface area contributed by atoms with Crippen molar-refractivity contribution in [2.24, 2.45) is 11.7 Å². The topological polar surface area (TPSA) is 46.3 Å². The van der Waals surface area contributed by atoms with Crippen LogP contribution in [-0.2, 0) is 4.79 Å². The van der Waals surface area contributed by atoms with Crippen LogP contribution < -0.4 is 5.73 Å². The zero-order valence-corrected chi connectivity index (χ0v) is 13.9. The molecule has 1 fully saturated rings. The second-order valence-electron chi connectivity index (χ2n) is 5.88. The van der Waals surface area contributed by atoms with E-state index in [2.05, 4.69) is 0 Å². The molecule has 3 nitrogen and oxygen atoms in total. The van der Waals surface area contributed by atoms with Crippen LogP contribution >= 0.6 is 12.4 Å². The van der Waals surface area contributed by atoms with Gasteiger partial charge < -0.3 is 10.6 Å². The summed E-state index contributed by atoms with van der Waals surface area (Å²) in [6, 6.07) is 6.41. The molecule has 1 saturated heterocycles. The SMILES string of the molecule is C/C(=C/C(=O)N1CCCC(C(C)N)C1)c1cccc(F)c1.Cl. The minimum Gasteiger partial charge on any atom is -0.339 e. The molecule has 1 heterocycles. The molecule has 1 aliphatic heterocycles. The van der Waals surface area contributed by atoms with Gasteiger partial charge in [0.15, 0.2) is 0 Å². The third-order valence-corrected chi connectivity index (χ3v) is 4.13. The van der Waals surface area contributed by atoms with Gasteiger partial charge in [0.2, 0.25) is 5.91 Å². The Bertz CT molecular complexity index is 545. The lowest BCUT2D eigenvalue weighted by Crippen LogP contribution is -2.44. The van der Waals surface area contributed by atoms with E-state index in [0.29, 0.717) is 12.5 Å². The zero-order chi connectivity index (χ0) is 15.4. The average molecular weight is 327 g/mol. The summed E-state index contributed by atoms with van der Waals surface area (Å²) in [4.78, 5) is 14.2. The van der Waals surface area contributed by atoms with Crippen LogP contribution in [0.15, 0.2) is 30.3 Å². The normalized spacial score (nSPS) is 20.3. The van der Waals surface area contributed by atoms with E-state index < -0.39 is 0 Å². The Kier molecular flexibility index (Phi) is 7.04. The Morgan fingerprint density at radius 2 is 2.23 bits per heavy atom. The number of hydrogen-bond donors (Lipinski definition) is 1. The third-order valence-electron chi connectivity index (χ3n) is 4.13. The van der Waals surface area contributed by atoms with Gasteiger partial charge in [0.05, 0.1) is 0 Å². The fourth-order valence-corrected chi connectivity index (χ4v) is 2.73. The van der Waals surface area contributed by atoms with Crippen molar-refractivity contribution < 1.29 is 9.18 Å². The number of likely N-dealkylation sites (tertiary alicyclic amines) is 1. The van der Waals surface area contributed by atoms with E-state index in [1.165, 1.54) is 12.1 Å². The zero-order valence-electron chi connectivity index (χ0n) is 13.1. The van der Waals surface area contributed by atoms with E-state index in [1.54, 1.807) is 12.1 Å². The van der Waals surface area contributed by atoms with Gasteiger partial charge >= 0.3 is 0 Å². The molecular weight excluding hydrogens is 303 g/mol. The van der Waals surface area contributed by atoms with Crippen LogP contribution in [0.3, 0.4) is 0 Å². The number of piperidine rings is 1. The Morgan fingerprint density at radius 1 is 1.50 bits per heavy atom. The highest BCUT2D eigenvalue weighted by Gasteiger charge is 2.24. The maximum Gasteiger partial charge on any atom is 0.246 e. The number of rotatable bonds is 3. The summed E-state index contributed by atoms with van der Waals surface area (Å²) in [5.41, 5.74) is 7.46. The van der Waals surface area contributed by atoms with Crippen LogP contribution in [-0.4, -0.2) is 29.9 Å². The van der Waals surface area contributed by atoms with Gasteiger partial charge in [-0.3, -0.25) is 4.79 Å². The molecule has 0 bridgehead atoms. The van der Waals surface area contributed by atoms with Crippen molar-refractivity contribution >= 4 is 23.9 Å². The molecule has 0 aliphatic carbocycles. The van der Waals surface area contributed by atoms with Gasteiger partial charge in [0.25, 0.3) is 0 Å². The Balaban J connectivity index is 0.00000242. The number of halogens is 2. The van der Waals surface area contributed by atoms with Crippen LogP contribution in [0.5, 0.6) is 0 Å². The Hall–Kier alpha value is -1.39. The molecule has 1 aromatic rings. The number of hydrogen-bond acceptors (Lipinski definition) is 2. The van der Waals surface area contributed by atoms with Crippen molar-refractivity contribution in [2.75, 3.05) is 13.1 Å². The molecule has 2 N–H and O–H groups in total. The number of benzene rings is 1. The number of nitrogens with two attached hydrogens (primary N) is 1. The Morgan fingerprint density at radius 3 is 2.86 bits per heavy atom. The van der Waals surface area contributed by atoms with E-state index in [9.17, 15) is 9.18 Å². The molecule has 0 saturated carbocycles. The third kappa shape index (κ3) is 4.82. The summed E-state index contributed by atoms with van der Waals surface area (Å²) < 4.78 is 13.2. The summed E-state index contributed by atoms with van der Waals surface area (Å²) in [5, 5.41) is 0. The number of carbonyl (C=O) groups excluding carboxylic acids is 1. The lowest BCUT2D eigenvalue weighted by atomic mass is 9.92. The van der Waals surface area contributed by atoms with Crippen molar-refractivity contribution in [2.45, 2.75) is 32.7 Å². The molecule has 0 aromatic heterocycles. The van der Waals surface area contributed by atoms with Crippen LogP contribution in [0.2, 0.25) is 0 Å². The van der Waals surface area contributed by atoms with E-state index in [4.69, 9.17) is 5.73 Å². The lowest BCUT2D eigenvalue weighted by molar-refractivity contribution is -0.127. The summed E-state index contributed by atoms with van der Waals surface area (Å²) in [6.07, 6.45) is 3.66. The second kappa shape index (κ2) is 8.30. The van der Waals surface area contributed by atoms with E-state index >= 15 is 0 Å². The predicted molar refractivity (Wildman–Crippen MR) is 90.3 cm³/mol. The van der Waals surface area contributed by atoms with Gasteiger partial charge in [-0.15, -0.1) is 12.4 Å². The number of allylic oxidation sites excluding steroid dienone is 1. The van der Waals surface area contributed by atoms with E-state index in [0.717, 1.165) is 30.5 Å². The molecule has 2 rings (SSSR count). The van der Waals surface area contributed by atoms with Crippen molar-refractivity contribution in [3.63, 3.8) is 0 Å². The molecule has 1 aromatic carbocycles. The predicted octanol–water partition coefficient (Wildman–Crippen LogP) is 3.24. The monoisotopic (exact) mass is 326 g/mol. The van der Waals surface area contributed by atoms with Crippen molar-refractivity contribution in [3.8, 4) is 0 Å². The lowest BCUT2D eigenvalue weighted by Gasteiger charge is -2.34. The summed E-state index contributed by atoms with van der Waals surface area (Å²) in [5.74, 6) is 0.0652. The summed E-state index contributed by atoms with van der Waals surface area (Å²) >= 11 is 0. The van der Waals surface area contributed by atoms with E-state index in [-0.39, 0.29) is 30.2 Å². The van der Waals surface area contributed by atoms with Gasteiger partial charge in [-0.25, -0.2) is 4.39 Å². The van der Waals surface area contributed by atoms with Crippen LogP contribution in [0, 0.1) is 11.7 Å². The standard InChI is InChI=1S/C17H23FN2O.ClH/c1-12(14-5-3-7-16(18)10-14)9-17(21)20-8-4-6-15(11-20)13(2)19;/h3,5,7,9-10,13,15H,4,6,8,11,19H2,1-2H3;1H/b12-9-;. The molecule has 5 heteroatoms. The highest BCUT2D eigenvalue weighted by atomic mass is 35.5. The first-order valence-corrected chi connectivity index (χ1v) is 7.46. The molecule has 1 aliphatic rings. The second-order valence-corrected chi connectivity index (χ2v) is 5.88. The van der Waals surface area contributed by atoms with Gasteiger partial charge in [-0.2, -0.15) is 0 Å².